The molecule has 0 spiro atoms. The molecule has 0 aromatic carbocycles. The summed E-state index contributed by atoms with van der Waals surface area (Å²) in [5.41, 5.74) is -1.61. The number of aromatic nitrogens is 4. The van der Waals surface area contributed by atoms with Crippen molar-refractivity contribution < 1.29 is 32.2 Å². The van der Waals surface area contributed by atoms with Crippen LogP contribution in [0, 0.1) is 5.41 Å². The summed E-state index contributed by atoms with van der Waals surface area (Å²) in [6, 6.07) is 2.33. The molecule has 13 heteroatoms. The van der Waals surface area contributed by atoms with Crippen LogP contribution < -0.4 is 10.2 Å². The van der Waals surface area contributed by atoms with E-state index < -0.39 is 29.0 Å². The quantitative estimate of drug-likeness (QED) is 0.503. The van der Waals surface area contributed by atoms with Crippen molar-refractivity contribution in [1.82, 2.24) is 19.6 Å². The van der Waals surface area contributed by atoms with Crippen molar-refractivity contribution in [3.63, 3.8) is 0 Å². The predicted molar refractivity (Wildman–Crippen MR) is 131 cm³/mol. The number of esters is 1. The SMILES string of the molecule is COC(=O)c1cc2c(N3CC4CCC(C3)O4)nc(-c3cnc(NC(=O)C(C)(C)C)cc3C(F)(F)F)nn2c1. The summed E-state index contributed by atoms with van der Waals surface area (Å²) in [5.74, 6) is -1.17. The van der Waals surface area contributed by atoms with Gasteiger partial charge in [0.2, 0.25) is 5.91 Å². The molecule has 2 atom stereocenters. The van der Waals surface area contributed by atoms with E-state index in [-0.39, 0.29) is 35.0 Å². The number of halogens is 3. The second kappa shape index (κ2) is 9.22. The van der Waals surface area contributed by atoms with Crippen LogP contribution in [0.4, 0.5) is 24.8 Å². The molecule has 2 unspecified atom stereocenters. The van der Waals surface area contributed by atoms with Crippen LogP contribution in [0.5, 0.6) is 0 Å². The first-order valence-electron chi connectivity index (χ1n) is 12.1. The van der Waals surface area contributed by atoms with Crippen molar-refractivity contribution in [1.29, 1.82) is 0 Å². The number of anilines is 2. The van der Waals surface area contributed by atoms with Gasteiger partial charge in [0.05, 0.1) is 36.0 Å². The van der Waals surface area contributed by atoms with Crippen LogP contribution in [-0.4, -0.2) is 63.9 Å². The zero-order valence-electron chi connectivity index (χ0n) is 21.3. The van der Waals surface area contributed by atoms with Crippen molar-refractivity contribution >= 4 is 29.0 Å². The maximum atomic E-state index is 14.2. The summed E-state index contributed by atoms with van der Waals surface area (Å²) in [7, 11) is 1.24. The normalized spacial score (nSPS) is 19.6. The van der Waals surface area contributed by atoms with E-state index >= 15 is 0 Å². The van der Waals surface area contributed by atoms with Crippen LogP contribution in [0.2, 0.25) is 0 Å². The number of hydrogen-bond acceptors (Lipinski definition) is 8. The number of morpholine rings is 1. The number of carbonyl (C=O) groups is 2. The molecule has 38 heavy (non-hydrogen) atoms. The number of hydrogen-bond donors (Lipinski definition) is 1. The van der Waals surface area contributed by atoms with Crippen molar-refractivity contribution in [3.8, 4) is 11.4 Å². The Balaban J connectivity index is 1.64. The summed E-state index contributed by atoms with van der Waals surface area (Å²) >= 11 is 0. The maximum absolute atomic E-state index is 14.2. The minimum Gasteiger partial charge on any atom is -0.465 e. The Kier molecular flexibility index (Phi) is 6.28. The topological polar surface area (TPSA) is 111 Å². The first-order valence-corrected chi connectivity index (χ1v) is 12.1. The van der Waals surface area contributed by atoms with Gasteiger partial charge < -0.3 is 19.7 Å². The molecule has 1 N–H and O–H groups in total. The van der Waals surface area contributed by atoms with Crippen LogP contribution in [0.3, 0.4) is 0 Å². The van der Waals surface area contributed by atoms with E-state index in [2.05, 4.69) is 20.4 Å². The highest BCUT2D eigenvalue weighted by Crippen LogP contribution is 2.38. The van der Waals surface area contributed by atoms with Gasteiger partial charge in [-0.25, -0.2) is 19.3 Å². The van der Waals surface area contributed by atoms with Crippen LogP contribution in [0.1, 0.15) is 49.5 Å². The number of nitrogens with one attached hydrogen (secondary N) is 1. The molecule has 3 aromatic rings. The van der Waals surface area contributed by atoms with E-state index in [9.17, 15) is 22.8 Å². The Bertz CT molecular complexity index is 1400. The number of fused-ring (bicyclic) bond motifs is 3. The number of alkyl halides is 3. The van der Waals surface area contributed by atoms with Gasteiger partial charge in [0, 0.05) is 30.9 Å². The molecule has 5 heterocycles. The summed E-state index contributed by atoms with van der Waals surface area (Å²) in [5, 5.41) is 6.74. The van der Waals surface area contributed by atoms with Gasteiger partial charge in [-0.3, -0.25) is 4.79 Å². The summed E-state index contributed by atoms with van der Waals surface area (Å²) in [6.07, 6.45) is -0.657. The third kappa shape index (κ3) is 4.89. The Morgan fingerprint density at radius 3 is 2.42 bits per heavy atom. The number of ether oxygens (including phenoxy) is 2. The fraction of sp³-hybridized carbons (Fsp3) is 0.480. The van der Waals surface area contributed by atoms with Crippen LogP contribution in [0.25, 0.3) is 16.9 Å². The van der Waals surface area contributed by atoms with Crippen LogP contribution >= 0.6 is 0 Å². The van der Waals surface area contributed by atoms with Gasteiger partial charge in [0.25, 0.3) is 0 Å². The predicted octanol–water partition coefficient (Wildman–Crippen LogP) is 3.95. The number of carbonyl (C=O) groups excluding carboxylic acids is 2. The van der Waals surface area contributed by atoms with Gasteiger partial charge in [0.1, 0.15) is 11.3 Å². The van der Waals surface area contributed by atoms with Crippen molar-refractivity contribution in [3.05, 3.63) is 35.7 Å². The molecule has 2 aliphatic heterocycles. The molecule has 2 fully saturated rings. The van der Waals surface area contributed by atoms with E-state index in [0.29, 0.717) is 24.4 Å². The van der Waals surface area contributed by atoms with E-state index in [1.165, 1.54) is 17.8 Å². The van der Waals surface area contributed by atoms with Gasteiger partial charge in [-0.15, -0.1) is 5.10 Å². The zero-order chi connectivity index (χ0) is 27.4. The molecule has 1 amide bonds. The number of amides is 1. The second-order valence-electron chi connectivity index (χ2n) is 10.5. The highest BCUT2D eigenvalue weighted by atomic mass is 19.4. The summed E-state index contributed by atoms with van der Waals surface area (Å²) < 4.78 is 54.7. The number of nitrogens with zero attached hydrogens (tertiary/aromatic N) is 5. The van der Waals surface area contributed by atoms with E-state index in [4.69, 9.17) is 9.47 Å². The molecule has 10 nitrogen and oxygen atoms in total. The first kappa shape index (κ1) is 25.9. The number of rotatable bonds is 4. The molecule has 0 radical (unpaired) electrons. The van der Waals surface area contributed by atoms with Gasteiger partial charge in [-0.05, 0) is 25.0 Å². The minimum absolute atomic E-state index is 0.0135. The van der Waals surface area contributed by atoms with Crippen molar-refractivity contribution in [2.24, 2.45) is 5.41 Å². The lowest BCUT2D eigenvalue weighted by molar-refractivity contribution is -0.137. The first-order chi connectivity index (χ1) is 17.8. The fourth-order valence-corrected chi connectivity index (χ4v) is 4.59. The molecule has 0 aliphatic carbocycles. The maximum Gasteiger partial charge on any atom is 0.417 e. The van der Waals surface area contributed by atoms with E-state index in [1.807, 2.05) is 4.90 Å². The van der Waals surface area contributed by atoms with E-state index in [0.717, 1.165) is 25.1 Å². The smallest absolute Gasteiger partial charge is 0.417 e. The molecule has 2 saturated heterocycles. The monoisotopic (exact) mass is 532 g/mol. The van der Waals surface area contributed by atoms with E-state index in [1.54, 1.807) is 26.8 Å². The third-order valence-corrected chi connectivity index (χ3v) is 6.58. The molecule has 0 saturated carbocycles. The lowest BCUT2D eigenvalue weighted by Gasteiger charge is -2.33. The number of methoxy groups -OCH3 is 1. The van der Waals surface area contributed by atoms with Gasteiger partial charge >= 0.3 is 12.1 Å². The third-order valence-electron chi connectivity index (χ3n) is 6.58. The van der Waals surface area contributed by atoms with Crippen molar-refractivity contribution in [2.45, 2.75) is 52.0 Å². The number of pyridine rings is 1. The molecule has 3 aromatic heterocycles. The zero-order valence-corrected chi connectivity index (χ0v) is 21.3. The molecule has 202 valence electrons. The highest BCUT2D eigenvalue weighted by Gasteiger charge is 2.38. The molecule has 2 aliphatic rings. The van der Waals surface area contributed by atoms with Crippen molar-refractivity contribution in [2.75, 3.05) is 30.4 Å². The molecular weight excluding hydrogens is 505 g/mol. The average Bonchev–Trinajstić information content (AvgIpc) is 3.44. The minimum atomic E-state index is -4.79. The van der Waals surface area contributed by atoms with Crippen LogP contribution in [-0.2, 0) is 20.4 Å². The lowest BCUT2D eigenvalue weighted by Crippen LogP contribution is -2.43. The Morgan fingerprint density at radius 2 is 1.82 bits per heavy atom. The second-order valence-corrected chi connectivity index (χ2v) is 10.5. The lowest BCUT2D eigenvalue weighted by atomic mass is 9.96. The highest BCUT2D eigenvalue weighted by molar-refractivity contribution is 5.94. The summed E-state index contributed by atoms with van der Waals surface area (Å²) in [4.78, 5) is 35.1. The Hall–Kier alpha value is -3.74. The largest absolute Gasteiger partial charge is 0.465 e. The fourth-order valence-electron chi connectivity index (χ4n) is 4.59. The molecular formula is C25H27F3N6O4. The van der Waals surface area contributed by atoms with Crippen LogP contribution in [0.15, 0.2) is 24.5 Å². The Labute approximate surface area is 216 Å². The molecule has 5 rings (SSSR count). The van der Waals surface area contributed by atoms with Gasteiger partial charge in [0.15, 0.2) is 11.6 Å². The summed E-state index contributed by atoms with van der Waals surface area (Å²) in [6.45, 7) is 5.93. The average molecular weight is 533 g/mol. The Morgan fingerprint density at radius 1 is 1.13 bits per heavy atom. The molecule has 2 bridgehead atoms. The standard InChI is InChI=1S/C25H27F3N6O4/c1-24(2,3)23(36)30-19-8-17(25(26,27)28)16(9-29-19)20-31-21(33-11-14-5-6-15(12-33)38-14)18-7-13(22(35)37-4)10-34(18)32-20/h7-10,14-15H,5-6,11-12H2,1-4H3,(H,29,30,36). The van der Waals surface area contributed by atoms with Gasteiger partial charge in [-0.1, -0.05) is 20.8 Å². The van der Waals surface area contributed by atoms with Gasteiger partial charge in [-0.2, -0.15) is 13.2 Å².